The van der Waals surface area contributed by atoms with Crippen molar-refractivity contribution < 1.29 is 5.11 Å². The Bertz CT molecular complexity index is 437. The van der Waals surface area contributed by atoms with Gasteiger partial charge in [0.15, 0.2) is 0 Å². The van der Waals surface area contributed by atoms with Gasteiger partial charge < -0.3 is 5.11 Å². The van der Waals surface area contributed by atoms with E-state index in [4.69, 9.17) is 5.11 Å². The molecule has 2 rings (SSSR count). The van der Waals surface area contributed by atoms with Crippen molar-refractivity contribution in [3.8, 4) is 0 Å². The van der Waals surface area contributed by atoms with Crippen molar-refractivity contribution >= 4 is 26.7 Å². The summed E-state index contributed by atoms with van der Waals surface area (Å²) in [7, 11) is 0. The maximum Gasteiger partial charge on any atom is 0.0682 e. The quantitative estimate of drug-likeness (QED) is 0.824. The number of hydrogen-bond donors (Lipinski definition) is 1. The van der Waals surface area contributed by atoms with Crippen molar-refractivity contribution in [1.29, 1.82) is 0 Å². The van der Waals surface area contributed by atoms with E-state index in [1.807, 2.05) is 50.2 Å². The Balaban J connectivity index is 0.000000531. The van der Waals surface area contributed by atoms with Crippen LogP contribution in [0.25, 0.3) is 10.8 Å². The molecule has 1 N–H and O–H groups in total. The Hall–Kier alpha value is -0.860. The SMILES string of the molecule is CC.OCc1ccc2c(Br)cccc2c1. The lowest BCUT2D eigenvalue weighted by molar-refractivity contribution is 0.282. The summed E-state index contributed by atoms with van der Waals surface area (Å²) in [6, 6.07) is 12.0. The van der Waals surface area contributed by atoms with Gasteiger partial charge in [-0.2, -0.15) is 0 Å². The Morgan fingerprint density at radius 3 is 2.53 bits per heavy atom. The summed E-state index contributed by atoms with van der Waals surface area (Å²) in [5.74, 6) is 0. The van der Waals surface area contributed by atoms with Crippen molar-refractivity contribution in [3.05, 3.63) is 46.4 Å². The zero-order valence-corrected chi connectivity index (χ0v) is 10.6. The minimum Gasteiger partial charge on any atom is -0.392 e. The van der Waals surface area contributed by atoms with E-state index in [9.17, 15) is 0 Å². The highest BCUT2D eigenvalue weighted by atomic mass is 79.9. The topological polar surface area (TPSA) is 20.2 Å². The monoisotopic (exact) mass is 266 g/mol. The van der Waals surface area contributed by atoms with Crippen LogP contribution in [0.5, 0.6) is 0 Å². The molecule has 0 aliphatic carbocycles. The van der Waals surface area contributed by atoms with Crippen LogP contribution in [0.4, 0.5) is 0 Å². The average Bonchev–Trinajstić information content (AvgIpc) is 2.31. The van der Waals surface area contributed by atoms with E-state index in [1.165, 1.54) is 5.39 Å². The first-order valence-corrected chi connectivity index (χ1v) is 5.88. The third kappa shape index (κ3) is 2.80. The molecular formula is C13H15BrO. The maximum absolute atomic E-state index is 8.95. The highest BCUT2D eigenvalue weighted by Gasteiger charge is 1.98. The van der Waals surface area contributed by atoms with Crippen LogP contribution < -0.4 is 0 Å². The first-order chi connectivity index (χ1) is 7.31. The molecule has 1 nitrogen and oxygen atoms in total. The van der Waals surface area contributed by atoms with E-state index in [-0.39, 0.29) is 6.61 Å². The first-order valence-electron chi connectivity index (χ1n) is 5.09. The van der Waals surface area contributed by atoms with Gasteiger partial charge in [-0.1, -0.05) is 54.0 Å². The Morgan fingerprint density at radius 2 is 1.87 bits per heavy atom. The van der Waals surface area contributed by atoms with Gasteiger partial charge in [0.25, 0.3) is 0 Å². The normalized spacial score (nSPS) is 9.60. The van der Waals surface area contributed by atoms with Crippen molar-refractivity contribution in [1.82, 2.24) is 0 Å². The third-order valence-electron chi connectivity index (χ3n) is 2.07. The van der Waals surface area contributed by atoms with Gasteiger partial charge in [-0.15, -0.1) is 0 Å². The minimum atomic E-state index is 0.0997. The maximum atomic E-state index is 8.95. The molecule has 0 amide bonds. The average molecular weight is 267 g/mol. The number of halogens is 1. The lowest BCUT2D eigenvalue weighted by Crippen LogP contribution is -1.82. The van der Waals surface area contributed by atoms with E-state index in [1.54, 1.807) is 0 Å². The van der Waals surface area contributed by atoms with E-state index in [2.05, 4.69) is 15.9 Å². The molecule has 0 saturated heterocycles. The van der Waals surface area contributed by atoms with Gasteiger partial charge in [0, 0.05) is 4.47 Å². The number of rotatable bonds is 1. The smallest absolute Gasteiger partial charge is 0.0682 e. The molecule has 0 radical (unpaired) electrons. The fourth-order valence-electron chi connectivity index (χ4n) is 1.39. The van der Waals surface area contributed by atoms with Crippen molar-refractivity contribution in [3.63, 3.8) is 0 Å². The van der Waals surface area contributed by atoms with Crippen molar-refractivity contribution in [2.45, 2.75) is 20.5 Å². The van der Waals surface area contributed by atoms with Gasteiger partial charge in [0.1, 0.15) is 0 Å². The second-order valence-electron chi connectivity index (χ2n) is 2.95. The lowest BCUT2D eigenvalue weighted by Gasteiger charge is -2.02. The van der Waals surface area contributed by atoms with Crippen LogP contribution in [-0.4, -0.2) is 5.11 Å². The number of aliphatic hydroxyl groups is 1. The molecule has 2 aromatic rings. The van der Waals surface area contributed by atoms with Crippen LogP contribution in [0.2, 0.25) is 0 Å². The molecule has 0 aliphatic rings. The molecule has 2 heteroatoms. The number of fused-ring (bicyclic) bond motifs is 1. The fraction of sp³-hybridized carbons (Fsp3) is 0.231. The molecule has 0 bridgehead atoms. The van der Waals surface area contributed by atoms with Crippen LogP contribution in [0.3, 0.4) is 0 Å². The van der Waals surface area contributed by atoms with Crippen LogP contribution in [-0.2, 0) is 6.61 Å². The highest BCUT2D eigenvalue weighted by Crippen LogP contribution is 2.24. The van der Waals surface area contributed by atoms with Gasteiger partial charge in [0.05, 0.1) is 6.61 Å². The Labute approximate surface area is 98.9 Å². The molecule has 2 aromatic carbocycles. The van der Waals surface area contributed by atoms with E-state index < -0.39 is 0 Å². The van der Waals surface area contributed by atoms with Crippen molar-refractivity contribution in [2.24, 2.45) is 0 Å². The number of benzene rings is 2. The molecule has 0 spiro atoms. The van der Waals surface area contributed by atoms with E-state index in [0.29, 0.717) is 0 Å². The molecule has 0 atom stereocenters. The summed E-state index contributed by atoms with van der Waals surface area (Å²) in [4.78, 5) is 0. The second kappa shape index (κ2) is 5.89. The zero-order chi connectivity index (χ0) is 11.3. The molecule has 15 heavy (non-hydrogen) atoms. The molecular weight excluding hydrogens is 252 g/mol. The van der Waals surface area contributed by atoms with Crippen LogP contribution >= 0.6 is 15.9 Å². The minimum absolute atomic E-state index is 0.0997. The molecule has 0 aromatic heterocycles. The summed E-state index contributed by atoms with van der Waals surface area (Å²) in [5.41, 5.74) is 0.950. The summed E-state index contributed by atoms with van der Waals surface area (Å²) in [5, 5.41) is 11.3. The summed E-state index contributed by atoms with van der Waals surface area (Å²) in [6.07, 6.45) is 0. The lowest BCUT2D eigenvalue weighted by atomic mass is 10.1. The molecule has 0 heterocycles. The molecule has 80 valence electrons. The largest absolute Gasteiger partial charge is 0.392 e. The van der Waals surface area contributed by atoms with Crippen LogP contribution in [0.1, 0.15) is 19.4 Å². The molecule has 0 unspecified atom stereocenters. The van der Waals surface area contributed by atoms with Crippen molar-refractivity contribution in [2.75, 3.05) is 0 Å². The predicted molar refractivity (Wildman–Crippen MR) is 68.9 cm³/mol. The van der Waals surface area contributed by atoms with Gasteiger partial charge in [-0.05, 0) is 28.5 Å². The first kappa shape index (κ1) is 12.2. The van der Waals surface area contributed by atoms with E-state index >= 15 is 0 Å². The van der Waals surface area contributed by atoms with Gasteiger partial charge in [0.2, 0.25) is 0 Å². The van der Waals surface area contributed by atoms with Gasteiger partial charge >= 0.3 is 0 Å². The predicted octanol–water partition coefficient (Wildman–Crippen LogP) is 4.12. The standard InChI is InChI=1S/C11H9BrO.C2H6/c12-11-3-1-2-9-6-8(7-13)4-5-10(9)11;1-2/h1-6,13H,7H2;1-2H3. The molecule has 0 fully saturated rings. The summed E-state index contributed by atoms with van der Waals surface area (Å²) < 4.78 is 1.09. The van der Waals surface area contributed by atoms with Crippen LogP contribution in [0.15, 0.2) is 40.9 Å². The number of aliphatic hydroxyl groups excluding tert-OH is 1. The Morgan fingerprint density at radius 1 is 1.13 bits per heavy atom. The number of hydrogen-bond acceptors (Lipinski definition) is 1. The summed E-state index contributed by atoms with van der Waals surface area (Å²) in [6.45, 7) is 4.10. The third-order valence-corrected chi connectivity index (χ3v) is 2.77. The van der Waals surface area contributed by atoms with Gasteiger partial charge in [-0.25, -0.2) is 0 Å². The van der Waals surface area contributed by atoms with Gasteiger partial charge in [-0.3, -0.25) is 0 Å². The molecule has 0 aliphatic heterocycles. The second-order valence-corrected chi connectivity index (χ2v) is 3.81. The highest BCUT2D eigenvalue weighted by molar-refractivity contribution is 9.10. The fourth-order valence-corrected chi connectivity index (χ4v) is 1.91. The Kier molecular flexibility index (Phi) is 4.79. The van der Waals surface area contributed by atoms with Crippen LogP contribution in [0, 0.1) is 0 Å². The molecule has 0 saturated carbocycles. The van der Waals surface area contributed by atoms with E-state index in [0.717, 1.165) is 15.4 Å². The zero-order valence-electron chi connectivity index (χ0n) is 9.00. The summed E-state index contributed by atoms with van der Waals surface area (Å²) >= 11 is 3.48.